The van der Waals surface area contributed by atoms with Gasteiger partial charge in [-0.15, -0.1) is 0 Å². The highest BCUT2D eigenvalue weighted by molar-refractivity contribution is 8.17. The molecule has 96 valence electrons. The van der Waals surface area contributed by atoms with Crippen molar-refractivity contribution in [3.05, 3.63) is 40.0 Å². The number of rotatable bonds is 1. The van der Waals surface area contributed by atoms with Gasteiger partial charge in [-0.1, -0.05) is 23.4 Å². The first-order chi connectivity index (χ1) is 9.24. The van der Waals surface area contributed by atoms with E-state index in [1.54, 1.807) is 18.0 Å². The van der Waals surface area contributed by atoms with Crippen molar-refractivity contribution in [2.24, 2.45) is 4.99 Å². The molecule has 19 heavy (non-hydrogen) atoms. The summed E-state index contributed by atoms with van der Waals surface area (Å²) < 4.78 is 5.48. The van der Waals surface area contributed by atoms with Gasteiger partial charge >= 0.3 is 0 Å². The van der Waals surface area contributed by atoms with Crippen molar-refractivity contribution in [3.63, 3.8) is 0 Å². The predicted octanol–water partition coefficient (Wildman–Crippen LogP) is 4.19. The molecule has 0 radical (unpaired) electrons. The third-order valence-electron chi connectivity index (χ3n) is 3.44. The molecule has 2 aliphatic rings. The van der Waals surface area contributed by atoms with Gasteiger partial charge in [0, 0.05) is 22.4 Å². The summed E-state index contributed by atoms with van der Waals surface area (Å²) in [5.74, 6) is 0. The fraction of sp³-hybridized carbons (Fsp3) is 0.214. The molecule has 5 heteroatoms. The van der Waals surface area contributed by atoms with Crippen LogP contribution in [0.5, 0.6) is 0 Å². The predicted molar refractivity (Wildman–Crippen MR) is 80.4 cm³/mol. The normalized spacial score (nSPS) is 18.4. The molecule has 2 aromatic rings. The molecular formula is C14H11ClN2OS. The van der Waals surface area contributed by atoms with Crippen LogP contribution < -0.4 is 0 Å². The van der Waals surface area contributed by atoms with E-state index < -0.39 is 0 Å². The lowest BCUT2D eigenvalue weighted by molar-refractivity contribution is 0.614. The van der Waals surface area contributed by atoms with Crippen molar-refractivity contribution in [1.82, 2.24) is 4.90 Å². The van der Waals surface area contributed by atoms with Crippen molar-refractivity contribution in [2.75, 3.05) is 13.1 Å². The first-order valence-corrected chi connectivity index (χ1v) is 7.31. The van der Waals surface area contributed by atoms with E-state index in [1.165, 1.54) is 10.6 Å². The van der Waals surface area contributed by atoms with Crippen molar-refractivity contribution in [3.8, 4) is 0 Å². The van der Waals surface area contributed by atoms with Gasteiger partial charge in [-0.05, 0) is 25.1 Å². The lowest BCUT2D eigenvalue weighted by Gasteiger charge is -2.17. The van der Waals surface area contributed by atoms with Gasteiger partial charge in [-0.2, -0.15) is 0 Å². The van der Waals surface area contributed by atoms with Crippen LogP contribution in [0.25, 0.3) is 16.7 Å². The maximum Gasteiger partial charge on any atom is 0.168 e. The number of aliphatic imine (C=N–C) groups is 1. The van der Waals surface area contributed by atoms with Gasteiger partial charge in [0.05, 0.1) is 23.5 Å². The first kappa shape index (κ1) is 11.4. The fourth-order valence-electron chi connectivity index (χ4n) is 2.62. The average molecular weight is 291 g/mol. The summed E-state index contributed by atoms with van der Waals surface area (Å²) in [6.45, 7) is 3.94. The van der Waals surface area contributed by atoms with E-state index in [1.807, 2.05) is 12.1 Å². The quantitative estimate of drug-likeness (QED) is 0.788. The van der Waals surface area contributed by atoms with Crippen LogP contribution >= 0.6 is 23.4 Å². The van der Waals surface area contributed by atoms with Crippen LogP contribution in [0.15, 0.2) is 38.8 Å². The number of furan rings is 1. The minimum absolute atomic E-state index is 0.733. The molecule has 0 bridgehead atoms. The lowest BCUT2D eigenvalue weighted by atomic mass is 10.1. The van der Waals surface area contributed by atoms with Gasteiger partial charge in [-0.3, -0.25) is 4.99 Å². The highest BCUT2D eigenvalue weighted by Crippen LogP contribution is 2.42. The summed E-state index contributed by atoms with van der Waals surface area (Å²) in [6, 6.07) is 5.97. The molecule has 2 aliphatic heterocycles. The second-order valence-electron chi connectivity index (χ2n) is 4.61. The standard InChI is InChI=1S/C14H11ClN2OS/c1-8-13(17-4-3-16-14(17)19-8)9-6-11(15)10-2-5-18-12(10)7-9/h2,5-7H,3-4H2,1H3. The first-order valence-electron chi connectivity index (χ1n) is 6.12. The molecule has 0 spiro atoms. The number of amidine groups is 1. The van der Waals surface area contributed by atoms with E-state index in [4.69, 9.17) is 16.0 Å². The molecule has 0 N–H and O–H groups in total. The van der Waals surface area contributed by atoms with E-state index in [0.717, 1.165) is 39.8 Å². The Hall–Kier alpha value is -1.39. The van der Waals surface area contributed by atoms with Gasteiger partial charge in [0.15, 0.2) is 5.17 Å². The topological polar surface area (TPSA) is 28.7 Å². The zero-order valence-electron chi connectivity index (χ0n) is 10.3. The van der Waals surface area contributed by atoms with Crippen molar-refractivity contribution < 1.29 is 4.42 Å². The number of fused-ring (bicyclic) bond motifs is 2. The number of nitrogens with zero attached hydrogens (tertiary/aromatic N) is 2. The Labute approximate surface area is 119 Å². The Morgan fingerprint density at radius 3 is 3.21 bits per heavy atom. The van der Waals surface area contributed by atoms with E-state index in [2.05, 4.69) is 22.9 Å². The zero-order chi connectivity index (χ0) is 13.0. The van der Waals surface area contributed by atoms with Crippen LogP contribution in [0.3, 0.4) is 0 Å². The summed E-state index contributed by atoms with van der Waals surface area (Å²) in [5.41, 5.74) is 3.14. The van der Waals surface area contributed by atoms with Gasteiger partial charge in [0.2, 0.25) is 0 Å². The summed E-state index contributed by atoms with van der Waals surface area (Å²) in [7, 11) is 0. The Balaban J connectivity index is 1.90. The third kappa shape index (κ3) is 1.63. The molecular weight excluding hydrogens is 280 g/mol. The second kappa shape index (κ2) is 4.05. The van der Waals surface area contributed by atoms with Crippen molar-refractivity contribution in [2.45, 2.75) is 6.92 Å². The van der Waals surface area contributed by atoms with Crippen LogP contribution in [0.2, 0.25) is 5.02 Å². The summed E-state index contributed by atoms with van der Waals surface area (Å²) >= 11 is 8.07. The number of hydrogen-bond acceptors (Lipinski definition) is 4. The number of halogens is 1. The van der Waals surface area contributed by atoms with Crippen molar-refractivity contribution in [1.29, 1.82) is 0 Å². The van der Waals surface area contributed by atoms with E-state index >= 15 is 0 Å². The summed E-state index contributed by atoms with van der Waals surface area (Å²) in [6.07, 6.45) is 1.67. The van der Waals surface area contributed by atoms with Gasteiger partial charge in [-0.25, -0.2) is 0 Å². The highest BCUT2D eigenvalue weighted by Gasteiger charge is 2.31. The lowest BCUT2D eigenvalue weighted by Crippen LogP contribution is -2.19. The molecule has 0 aliphatic carbocycles. The number of benzene rings is 1. The van der Waals surface area contributed by atoms with E-state index in [-0.39, 0.29) is 0 Å². The molecule has 0 atom stereocenters. The molecule has 0 amide bonds. The Kier molecular flexibility index (Phi) is 2.44. The molecule has 0 saturated carbocycles. The molecule has 3 heterocycles. The molecule has 0 unspecified atom stereocenters. The summed E-state index contributed by atoms with van der Waals surface area (Å²) in [4.78, 5) is 8.03. The largest absolute Gasteiger partial charge is 0.464 e. The van der Waals surface area contributed by atoms with Crippen LogP contribution in [-0.4, -0.2) is 23.2 Å². The van der Waals surface area contributed by atoms with Gasteiger partial charge in [0.1, 0.15) is 5.58 Å². The van der Waals surface area contributed by atoms with Gasteiger partial charge in [0.25, 0.3) is 0 Å². The van der Waals surface area contributed by atoms with Crippen molar-refractivity contribution >= 4 is 45.2 Å². The maximum atomic E-state index is 6.33. The molecule has 1 aromatic carbocycles. The monoisotopic (exact) mass is 290 g/mol. The van der Waals surface area contributed by atoms with Gasteiger partial charge < -0.3 is 9.32 Å². The molecule has 3 nitrogen and oxygen atoms in total. The van der Waals surface area contributed by atoms with Crippen LogP contribution in [-0.2, 0) is 0 Å². The minimum atomic E-state index is 0.733. The second-order valence-corrected chi connectivity index (χ2v) is 6.20. The number of thioether (sulfide) groups is 1. The maximum absolute atomic E-state index is 6.33. The van der Waals surface area contributed by atoms with Crippen LogP contribution in [0.1, 0.15) is 12.5 Å². The SMILES string of the molecule is CC1=C(c2cc(Cl)c3ccoc3c2)N2CCN=C2S1. The van der Waals surface area contributed by atoms with Crippen LogP contribution in [0.4, 0.5) is 0 Å². The van der Waals surface area contributed by atoms with E-state index in [0.29, 0.717) is 0 Å². The zero-order valence-corrected chi connectivity index (χ0v) is 11.9. The third-order valence-corrected chi connectivity index (χ3v) is 4.79. The fourth-order valence-corrected chi connectivity index (χ4v) is 3.94. The Morgan fingerprint density at radius 1 is 1.42 bits per heavy atom. The minimum Gasteiger partial charge on any atom is -0.464 e. The Morgan fingerprint density at radius 2 is 2.32 bits per heavy atom. The van der Waals surface area contributed by atoms with Crippen LogP contribution in [0, 0.1) is 0 Å². The molecule has 1 aromatic heterocycles. The number of hydrogen-bond donors (Lipinski definition) is 0. The average Bonchev–Trinajstić information content (AvgIpc) is 3.02. The number of allylic oxidation sites excluding steroid dienone is 1. The van der Waals surface area contributed by atoms with E-state index in [9.17, 15) is 0 Å². The molecule has 0 saturated heterocycles. The summed E-state index contributed by atoms with van der Waals surface area (Å²) in [5, 5.41) is 2.80. The molecule has 4 rings (SSSR count). The smallest absolute Gasteiger partial charge is 0.168 e. The molecule has 0 fully saturated rings. The highest BCUT2D eigenvalue weighted by atomic mass is 35.5. The Bertz CT molecular complexity index is 747.